The van der Waals surface area contributed by atoms with E-state index in [-0.39, 0.29) is 17.1 Å². The van der Waals surface area contributed by atoms with E-state index in [0.29, 0.717) is 36.1 Å². The minimum absolute atomic E-state index is 0.131. The van der Waals surface area contributed by atoms with Crippen LogP contribution < -0.4 is 4.90 Å². The van der Waals surface area contributed by atoms with Gasteiger partial charge in [0.1, 0.15) is 17.4 Å². The van der Waals surface area contributed by atoms with Gasteiger partial charge in [0.15, 0.2) is 5.78 Å². The van der Waals surface area contributed by atoms with Gasteiger partial charge in [0, 0.05) is 48.7 Å². The van der Waals surface area contributed by atoms with Crippen LogP contribution >= 0.6 is 0 Å². The molecule has 0 spiro atoms. The van der Waals surface area contributed by atoms with E-state index in [1.54, 1.807) is 0 Å². The Hall–Kier alpha value is -2.89. The molecule has 3 heterocycles. The molecule has 1 aromatic heterocycles. The third-order valence-electron chi connectivity index (χ3n) is 5.94. The number of Topliss-reactive ketones (excluding diaryl/α,β-unsaturated/α-hetero) is 1. The van der Waals surface area contributed by atoms with Gasteiger partial charge in [-0.1, -0.05) is 6.07 Å². The Kier molecular flexibility index (Phi) is 3.67. The third kappa shape index (κ3) is 2.59. The number of hydrogen-bond acceptors (Lipinski definition) is 5. The zero-order valence-electron chi connectivity index (χ0n) is 14.8. The molecule has 2 bridgehead atoms. The average molecular weight is 365 g/mol. The number of likely N-dealkylation sites (tertiary alicyclic amines) is 1. The van der Waals surface area contributed by atoms with Crippen LogP contribution in [0.25, 0.3) is 0 Å². The maximum absolute atomic E-state index is 14.0. The van der Waals surface area contributed by atoms with Crippen molar-refractivity contribution in [3.8, 4) is 5.75 Å². The quantitative estimate of drug-likeness (QED) is 0.830. The van der Waals surface area contributed by atoms with E-state index in [1.807, 2.05) is 30.6 Å². The van der Waals surface area contributed by atoms with Crippen molar-refractivity contribution in [3.63, 3.8) is 0 Å². The molecule has 138 valence electrons. The Morgan fingerprint density at radius 2 is 2.04 bits per heavy atom. The number of phenols is 1. The summed E-state index contributed by atoms with van der Waals surface area (Å²) in [7, 11) is 0. The maximum Gasteiger partial charge on any atom is 0.194 e. The van der Waals surface area contributed by atoms with Gasteiger partial charge >= 0.3 is 0 Å². The molecule has 0 saturated carbocycles. The number of carbonyl (C=O) groups excluding carboxylic acids is 1. The smallest absolute Gasteiger partial charge is 0.194 e. The van der Waals surface area contributed by atoms with Crippen molar-refractivity contribution in [1.29, 1.82) is 0 Å². The molecule has 1 aromatic carbocycles. The fraction of sp³-hybridized carbons (Fsp3) is 0.333. The molecule has 0 amide bonds. The molecule has 2 atom stereocenters. The summed E-state index contributed by atoms with van der Waals surface area (Å²) in [5.41, 5.74) is 1.12. The normalized spacial score (nSPS) is 25.4. The van der Waals surface area contributed by atoms with E-state index in [2.05, 4.69) is 14.8 Å². The Morgan fingerprint density at radius 3 is 2.78 bits per heavy atom. The van der Waals surface area contributed by atoms with Crippen molar-refractivity contribution in [1.82, 2.24) is 9.88 Å². The molecular formula is C21H20FN3O2. The Morgan fingerprint density at radius 1 is 1.15 bits per heavy atom. The summed E-state index contributed by atoms with van der Waals surface area (Å²) in [6.45, 7) is 1.73. The number of halogens is 1. The van der Waals surface area contributed by atoms with Gasteiger partial charge < -0.3 is 14.9 Å². The van der Waals surface area contributed by atoms with Gasteiger partial charge in [-0.3, -0.25) is 4.79 Å². The Labute approximate surface area is 156 Å². The van der Waals surface area contributed by atoms with E-state index in [4.69, 9.17) is 0 Å². The van der Waals surface area contributed by atoms with Crippen LogP contribution in [0.5, 0.6) is 5.75 Å². The molecule has 5 rings (SSSR count). The first-order valence-corrected chi connectivity index (χ1v) is 9.31. The van der Waals surface area contributed by atoms with Gasteiger partial charge in [0.05, 0.1) is 5.56 Å². The van der Waals surface area contributed by atoms with E-state index in [0.717, 1.165) is 25.3 Å². The molecule has 2 saturated heterocycles. The maximum atomic E-state index is 14.0. The topological polar surface area (TPSA) is 56.7 Å². The lowest BCUT2D eigenvalue weighted by Crippen LogP contribution is -2.44. The summed E-state index contributed by atoms with van der Waals surface area (Å²) >= 11 is 0. The van der Waals surface area contributed by atoms with E-state index >= 15 is 0 Å². The second-order valence-corrected chi connectivity index (χ2v) is 7.48. The number of benzene rings is 1. The lowest BCUT2D eigenvalue weighted by molar-refractivity contribution is 0.101. The van der Waals surface area contributed by atoms with Crippen LogP contribution in [0, 0.1) is 5.82 Å². The van der Waals surface area contributed by atoms with Gasteiger partial charge in [-0.15, -0.1) is 0 Å². The van der Waals surface area contributed by atoms with Crippen molar-refractivity contribution in [2.75, 3.05) is 18.0 Å². The van der Waals surface area contributed by atoms with Crippen LogP contribution in [0.15, 0.2) is 48.3 Å². The summed E-state index contributed by atoms with van der Waals surface area (Å²) < 4.78 is 14.0. The molecule has 27 heavy (non-hydrogen) atoms. The van der Waals surface area contributed by atoms with Crippen molar-refractivity contribution >= 4 is 11.6 Å². The average Bonchev–Trinajstić information content (AvgIpc) is 3.28. The lowest BCUT2D eigenvalue weighted by Gasteiger charge is -2.35. The SMILES string of the molecule is O=C1/C(=C/N2C[C@H]3C[C@@H]2CN3c2ccccn2)CCc2c(F)ccc(O)c21. The fourth-order valence-electron chi connectivity index (χ4n) is 4.63. The highest BCUT2D eigenvalue weighted by Crippen LogP contribution is 2.37. The van der Waals surface area contributed by atoms with Crippen molar-refractivity contribution in [2.45, 2.75) is 31.3 Å². The summed E-state index contributed by atoms with van der Waals surface area (Å²) in [5.74, 6) is 0.200. The Bertz CT molecular complexity index is 944. The zero-order chi connectivity index (χ0) is 18.5. The molecule has 2 fully saturated rings. The number of nitrogens with zero attached hydrogens (tertiary/aromatic N) is 3. The predicted octanol–water partition coefficient (Wildman–Crippen LogP) is 2.90. The number of rotatable bonds is 2. The molecule has 0 unspecified atom stereocenters. The summed E-state index contributed by atoms with van der Waals surface area (Å²) in [4.78, 5) is 21.8. The largest absolute Gasteiger partial charge is 0.507 e. The molecule has 2 aliphatic heterocycles. The van der Waals surface area contributed by atoms with Crippen LogP contribution in [0.4, 0.5) is 10.2 Å². The number of hydrogen-bond donors (Lipinski definition) is 1. The molecule has 0 radical (unpaired) electrons. The van der Waals surface area contributed by atoms with Crippen LogP contribution in [0.1, 0.15) is 28.8 Å². The van der Waals surface area contributed by atoms with E-state index in [1.165, 1.54) is 12.1 Å². The van der Waals surface area contributed by atoms with Gasteiger partial charge in [-0.05, 0) is 43.5 Å². The molecule has 5 nitrogen and oxygen atoms in total. The van der Waals surface area contributed by atoms with Crippen LogP contribution in [0.2, 0.25) is 0 Å². The number of carbonyl (C=O) groups is 1. The van der Waals surface area contributed by atoms with E-state index < -0.39 is 5.82 Å². The number of aromatic hydroxyl groups is 1. The zero-order valence-corrected chi connectivity index (χ0v) is 14.8. The Balaban J connectivity index is 1.37. The second kappa shape index (κ2) is 6.08. The molecule has 1 N–H and O–H groups in total. The molecule has 2 aromatic rings. The van der Waals surface area contributed by atoms with Crippen LogP contribution in [-0.4, -0.2) is 45.9 Å². The molecule has 3 aliphatic rings. The monoisotopic (exact) mass is 365 g/mol. The molecular weight excluding hydrogens is 345 g/mol. The minimum Gasteiger partial charge on any atom is -0.507 e. The second-order valence-electron chi connectivity index (χ2n) is 7.48. The van der Waals surface area contributed by atoms with Crippen molar-refractivity contribution in [3.05, 3.63) is 65.2 Å². The van der Waals surface area contributed by atoms with Gasteiger partial charge in [-0.2, -0.15) is 0 Å². The minimum atomic E-state index is -0.415. The van der Waals surface area contributed by atoms with Gasteiger partial charge in [-0.25, -0.2) is 9.37 Å². The first-order chi connectivity index (χ1) is 13.1. The number of phenolic OH excluding ortho intramolecular Hbond substituents is 1. The highest BCUT2D eigenvalue weighted by atomic mass is 19.1. The summed E-state index contributed by atoms with van der Waals surface area (Å²) in [5, 5.41) is 10.1. The number of allylic oxidation sites excluding steroid dienone is 1. The number of aromatic nitrogens is 1. The molecule has 6 heteroatoms. The molecule has 1 aliphatic carbocycles. The van der Waals surface area contributed by atoms with Gasteiger partial charge in [0.2, 0.25) is 0 Å². The number of pyridine rings is 1. The van der Waals surface area contributed by atoms with Crippen LogP contribution in [-0.2, 0) is 6.42 Å². The highest BCUT2D eigenvalue weighted by molar-refractivity contribution is 6.12. The highest BCUT2D eigenvalue weighted by Gasteiger charge is 2.43. The van der Waals surface area contributed by atoms with Crippen LogP contribution in [0.3, 0.4) is 0 Å². The number of fused-ring (bicyclic) bond motifs is 3. The lowest BCUT2D eigenvalue weighted by atomic mass is 9.86. The standard InChI is InChI=1S/C21H20FN3O2/c22-17-6-7-18(26)20-16(17)5-4-13(21(20)27)10-24-11-15-9-14(24)12-25(15)19-3-1-2-8-23-19/h1-3,6-8,10,14-15,26H,4-5,9,11-12H2/b13-10+/t14-,15-/m1/s1. The van der Waals surface area contributed by atoms with Crippen molar-refractivity contribution < 1.29 is 14.3 Å². The van der Waals surface area contributed by atoms with Crippen molar-refractivity contribution in [2.24, 2.45) is 0 Å². The third-order valence-corrected chi connectivity index (χ3v) is 5.94. The first kappa shape index (κ1) is 16.3. The number of piperazine rings is 1. The first-order valence-electron chi connectivity index (χ1n) is 9.31. The summed E-state index contributed by atoms with van der Waals surface area (Å²) in [6.07, 6.45) is 5.74. The number of anilines is 1. The number of ketones is 1. The summed E-state index contributed by atoms with van der Waals surface area (Å²) in [6, 6.07) is 9.16. The van der Waals surface area contributed by atoms with E-state index in [9.17, 15) is 14.3 Å². The predicted molar refractivity (Wildman–Crippen MR) is 99.3 cm³/mol. The fourth-order valence-corrected chi connectivity index (χ4v) is 4.63. The van der Waals surface area contributed by atoms with Gasteiger partial charge in [0.25, 0.3) is 0 Å².